The van der Waals surface area contributed by atoms with Gasteiger partial charge in [-0.2, -0.15) is 0 Å². The Morgan fingerprint density at radius 1 is 1.23 bits per heavy atom. The number of fused-ring (bicyclic) bond motifs is 3. The van der Waals surface area contributed by atoms with Crippen LogP contribution >= 0.6 is 0 Å². The van der Waals surface area contributed by atoms with Gasteiger partial charge in [-0.05, 0) is 61.3 Å². The van der Waals surface area contributed by atoms with Crippen molar-refractivity contribution in [2.45, 2.75) is 45.2 Å². The van der Waals surface area contributed by atoms with Gasteiger partial charge in [0, 0.05) is 11.4 Å². The molecule has 134 valence electrons. The van der Waals surface area contributed by atoms with Gasteiger partial charge in [-0.15, -0.1) is 0 Å². The van der Waals surface area contributed by atoms with Crippen LogP contribution in [0.3, 0.4) is 0 Å². The molecule has 2 fully saturated rings. The van der Waals surface area contributed by atoms with Crippen molar-refractivity contribution in [1.29, 1.82) is 0 Å². The van der Waals surface area contributed by atoms with E-state index in [9.17, 15) is 4.79 Å². The number of furan rings is 1. The van der Waals surface area contributed by atoms with Gasteiger partial charge in [-0.3, -0.25) is 4.79 Å². The van der Waals surface area contributed by atoms with Gasteiger partial charge >= 0.3 is 0 Å². The summed E-state index contributed by atoms with van der Waals surface area (Å²) in [5.41, 5.74) is 3.90. The van der Waals surface area contributed by atoms with E-state index < -0.39 is 0 Å². The first kappa shape index (κ1) is 15.7. The fraction of sp³-hybridized carbons (Fsp3) is 0.409. The monoisotopic (exact) mass is 348 g/mol. The van der Waals surface area contributed by atoms with Gasteiger partial charge in [0.05, 0.1) is 12.8 Å². The lowest BCUT2D eigenvalue weighted by Crippen LogP contribution is -2.39. The second-order valence-corrected chi connectivity index (χ2v) is 7.98. The Labute approximate surface area is 153 Å². The SMILES string of the molecule is Cc1ccccc1Cn1c(C(=O)N[C@H]2C[C@H]3CC[C@@H]2C3)cc2ccoc21. The average Bonchev–Trinajstić information content (AvgIpc) is 3.38. The summed E-state index contributed by atoms with van der Waals surface area (Å²) in [6, 6.07) is 12.5. The van der Waals surface area contributed by atoms with Crippen molar-refractivity contribution in [2.24, 2.45) is 11.8 Å². The highest BCUT2D eigenvalue weighted by molar-refractivity contribution is 5.98. The van der Waals surface area contributed by atoms with E-state index in [-0.39, 0.29) is 5.91 Å². The second kappa shape index (κ2) is 6.04. The molecule has 2 bridgehead atoms. The Kier molecular flexibility index (Phi) is 3.66. The van der Waals surface area contributed by atoms with Gasteiger partial charge in [0.15, 0.2) is 0 Å². The Hall–Kier alpha value is -2.49. The van der Waals surface area contributed by atoms with Crippen molar-refractivity contribution in [3.05, 3.63) is 59.5 Å². The van der Waals surface area contributed by atoms with E-state index in [0.29, 0.717) is 24.2 Å². The molecule has 4 nitrogen and oxygen atoms in total. The molecule has 2 aromatic heterocycles. The molecule has 0 spiro atoms. The minimum atomic E-state index is 0.0301. The maximum Gasteiger partial charge on any atom is 0.268 e. The molecule has 2 aliphatic carbocycles. The number of nitrogens with zero attached hydrogens (tertiary/aromatic N) is 1. The minimum Gasteiger partial charge on any atom is -0.448 e. The van der Waals surface area contributed by atoms with Crippen LogP contribution in [0, 0.1) is 18.8 Å². The predicted molar refractivity (Wildman–Crippen MR) is 101 cm³/mol. The summed E-state index contributed by atoms with van der Waals surface area (Å²) in [5.74, 6) is 1.52. The molecule has 3 aromatic rings. The van der Waals surface area contributed by atoms with E-state index in [4.69, 9.17) is 4.42 Å². The lowest BCUT2D eigenvalue weighted by molar-refractivity contribution is 0.0914. The molecule has 4 heteroatoms. The van der Waals surface area contributed by atoms with Crippen molar-refractivity contribution >= 4 is 17.0 Å². The largest absolute Gasteiger partial charge is 0.448 e. The number of amides is 1. The highest BCUT2D eigenvalue weighted by Gasteiger charge is 2.40. The van der Waals surface area contributed by atoms with Crippen LogP contribution in [0.25, 0.3) is 11.1 Å². The lowest BCUT2D eigenvalue weighted by Gasteiger charge is -2.23. The van der Waals surface area contributed by atoms with Crippen LogP contribution < -0.4 is 5.32 Å². The van der Waals surface area contributed by atoms with Crippen LogP contribution in [0.15, 0.2) is 47.1 Å². The van der Waals surface area contributed by atoms with Crippen molar-refractivity contribution in [3.63, 3.8) is 0 Å². The standard InChI is InChI=1S/C22H24N2O2/c1-14-4-2-3-5-18(14)13-24-20(12-17-8-9-26-22(17)24)21(25)23-19-11-15-6-7-16(19)10-15/h2-5,8-9,12,15-16,19H,6-7,10-11,13H2,1H3,(H,23,25)/t15-,16+,19-/m0/s1. The van der Waals surface area contributed by atoms with Crippen LogP contribution in [0.5, 0.6) is 0 Å². The quantitative estimate of drug-likeness (QED) is 0.754. The molecule has 1 N–H and O–H groups in total. The topological polar surface area (TPSA) is 47.2 Å². The molecule has 2 heterocycles. The minimum absolute atomic E-state index is 0.0301. The van der Waals surface area contributed by atoms with Gasteiger partial charge in [-0.25, -0.2) is 0 Å². The number of rotatable bonds is 4. The summed E-state index contributed by atoms with van der Waals surface area (Å²) >= 11 is 0. The lowest BCUT2D eigenvalue weighted by atomic mass is 9.95. The Morgan fingerprint density at radius 2 is 2.12 bits per heavy atom. The van der Waals surface area contributed by atoms with Crippen molar-refractivity contribution in [3.8, 4) is 0 Å². The van der Waals surface area contributed by atoms with E-state index in [1.807, 2.05) is 28.8 Å². The molecule has 2 aliphatic rings. The van der Waals surface area contributed by atoms with E-state index in [2.05, 4.69) is 24.4 Å². The Bertz CT molecular complexity index is 968. The number of carbonyl (C=O) groups is 1. The number of benzene rings is 1. The second-order valence-electron chi connectivity index (χ2n) is 7.98. The summed E-state index contributed by atoms with van der Waals surface area (Å²) < 4.78 is 7.71. The third kappa shape index (κ3) is 2.56. The van der Waals surface area contributed by atoms with Gasteiger partial charge in [0.25, 0.3) is 5.91 Å². The number of aryl methyl sites for hydroxylation is 1. The smallest absolute Gasteiger partial charge is 0.268 e. The van der Waals surface area contributed by atoms with Crippen LogP contribution in [0.1, 0.15) is 47.3 Å². The van der Waals surface area contributed by atoms with Crippen molar-refractivity contribution < 1.29 is 9.21 Å². The molecule has 0 saturated heterocycles. The van der Waals surface area contributed by atoms with E-state index in [1.165, 1.54) is 30.4 Å². The van der Waals surface area contributed by atoms with E-state index >= 15 is 0 Å². The molecule has 0 unspecified atom stereocenters. The predicted octanol–water partition coefficient (Wildman–Crippen LogP) is 4.51. The summed E-state index contributed by atoms with van der Waals surface area (Å²) in [4.78, 5) is 13.1. The number of hydrogen-bond acceptors (Lipinski definition) is 2. The molecule has 5 rings (SSSR count). The molecule has 3 atom stereocenters. The Balaban J connectivity index is 1.46. The normalized spacial score (nSPS) is 24.4. The van der Waals surface area contributed by atoms with Crippen LogP contribution in [-0.2, 0) is 6.54 Å². The molecule has 1 amide bonds. The zero-order valence-corrected chi connectivity index (χ0v) is 15.1. The fourth-order valence-corrected chi connectivity index (χ4v) is 4.94. The van der Waals surface area contributed by atoms with Gasteiger partial charge in [0.2, 0.25) is 5.71 Å². The molecule has 26 heavy (non-hydrogen) atoms. The highest BCUT2D eigenvalue weighted by atomic mass is 16.3. The first-order valence-corrected chi connectivity index (χ1v) is 9.61. The first-order chi connectivity index (χ1) is 12.7. The molecule has 2 saturated carbocycles. The maximum atomic E-state index is 13.1. The molecule has 1 aromatic carbocycles. The van der Waals surface area contributed by atoms with Crippen molar-refractivity contribution in [2.75, 3.05) is 0 Å². The number of carbonyl (C=O) groups excluding carboxylic acids is 1. The third-order valence-corrected chi connectivity index (χ3v) is 6.38. The van der Waals surface area contributed by atoms with Crippen molar-refractivity contribution in [1.82, 2.24) is 9.88 Å². The van der Waals surface area contributed by atoms with Gasteiger partial charge in [-0.1, -0.05) is 30.7 Å². The van der Waals surface area contributed by atoms with E-state index in [0.717, 1.165) is 23.4 Å². The van der Waals surface area contributed by atoms with Gasteiger partial charge in [0.1, 0.15) is 5.69 Å². The highest BCUT2D eigenvalue weighted by Crippen LogP contribution is 2.44. The zero-order valence-electron chi connectivity index (χ0n) is 15.1. The summed E-state index contributed by atoms with van der Waals surface area (Å²) in [5, 5.41) is 4.30. The van der Waals surface area contributed by atoms with Crippen LogP contribution in [0.2, 0.25) is 0 Å². The Morgan fingerprint density at radius 3 is 2.88 bits per heavy atom. The summed E-state index contributed by atoms with van der Waals surface area (Å²) in [7, 11) is 0. The number of nitrogens with one attached hydrogen (secondary N) is 1. The molecule has 0 radical (unpaired) electrons. The summed E-state index contributed by atoms with van der Waals surface area (Å²) in [6.45, 7) is 2.75. The fourth-order valence-electron chi connectivity index (χ4n) is 4.94. The molecular weight excluding hydrogens is 324 g/mol. The first-order valence-electron chi connectivity index (χ1n) is 9.61. The summed E-state index contributed by atoms with van der Waals surface area (Å²) in [6.07, 6.45) is 6.73. The van der Waals surface area contributed by atoms with E-state index in [1.54, 1.807) is 6.26 Å². The maximum absolute atomic E-state index is 13.1. The van der Waals surface area contributed by atoms with Crippen LogP contribution in [-0.4, -0.2) is 16.5 Å². The average molecular weight is 348 g/mol. The van der Waals surface area contributed by atoms with Gasteiger partial charge < -0.3 is 14.3 Å². The zero-order chi connectivity index (χ0) is 17.7. The molecule has 0 aliphatic heterocycles. The van der Waals surface area contributed by atoms with Crippen LogP contribution in [0.4, 0.5) is 0 Å². The molecular formula is C22H24N2O2. The number of hydrogen-bond donors (Lipinski definition) is 1. The number of aromatic nitrogens is 1. The third-order valence-electron chi connectivity index (χ3n) is 6.38.